The zero-order chi connectivity index (χ0) is 12.4. The molecule has 0 spiro atoms. The molecule has 1 aliphatic rings. The first-order valence-corrected chi connectivity index (χ1v) is 5.01. The molecule has 0 saturated heterocycles. The van der Waals surface area contributed by atoms with E-state index in [4.69, 9.17) is 0 Å². The van der Waals surface area contributed by atoms with Gasteiger partial charge in [-0.3, -0.25) is 19.7 Å². The monoisotopic (exact) mass is 230 g/mol. The van der Waals surface area contributed by atoms with Crippen LogP contribution < -0.4 is 10.6 Å². The smallest absolute Gasteiger partial charge is 0.259 e. The van der Waals surface area contributed by atoms with Gasteiger partial charge in [0.15, 0.2) is 0 Å². The third kappa shape index (κ3) is 1.94. The molecule has 1 aromatic rings. The average molecular weight is 230 g/mol. The number of rotatable bonds is 3. The lowest BCUT2D eigenvalue weighted by Gasteiger charge is -2.06. The van der Waals surface area contributed by atoms with E-state index in [1.807, 2.05) is 0 Å². The van der Waals surface area contributed by atoms with Crippen LogP contribution in [0.25, 0.3) is 0 Å². The van der Waals surface area contributed by atoms with E-state index >= 15 is 0 Å². The molecular weight excluding hydrogens is 220 g/mol. The predicted molar refractivity (Wildman–Crippen MR) is 60.3 cm³/mol. The highest BCUT2D eigenvalue weighted by atomic mass is 16.2. The van der Waals surface area contributed by atoms with E-state index in [0.717, 1.165) is 6.08 Å². The highest BCUT2D eigenvalue weighted by molar-refractivity contribution is 6.22. The fraction of sp³-hybridized carbons (Fsp3) is 0.0833. The Balaban J connectivity index is 2.31. The van der Waals surface area contributed by atoms with Gasteiger partial charge in [-0.25, -0.2) is 0 Å². The molecule has 2 rings (SSSR count). The molecule has 3 amide bonds. The maximum absolute atomic E-state index is 11.5. The number of hydrogen-bond acceptors (Lipinski definition) is 3. The van der Waals surface area contributed by atoms with Crippen molar-refractivity contribution in [1.29, 1.82) is 0 Å². The molecule has 0 fully saturated rings. The quantitative estimate of drug-likeness (QED) is 0.582. The van der Waals surface area contributed by atoms with E-state index < -0.39 is 11.8 Å². The van der Waals surface area contributed by atoms with Crippen LogP contribution in [0.5, 0.6) is 0 Å². The summed E-state index contributed by atoms with van der Waals surface area (Å²) in [6, 6.07) is 4.95. The van der Waals surface area contributed by atoms with E-state index in [1.54, 1.807) is 18.2 Å². The van der Waals surface area contributed by atoms with Crippen LogP contribution in [0.4, 0.5) is 0 Å². The third-order valence-corrected chi connectivity index (χ3v) is 2.49. The maximum Gasteiger partial charge on any atom is 0.259 e. The van der Waals surface area contributed by atoms with Gasteiger partial charge in [0.2, 0.25) is 5.91 Å². The Morgan fingerprint density at radius 1 is 1.35 bits per heavy atom. The normalized spacial score (nSPS) is 12.9. The lowest BCUT2D eigenvalue weighted by Crippen LogP contribution is -2.23. The lowest BCUT2D eigenvalue weighted by atomic mass is 10.0. The maximum atomic E-state index is 11.5. The summed E-state index contributed by atoms with van der Waals surface area (Å²) in [5, 5.41) is 4.78. The first kappa shape index (κ1) is 11.1. The van der Waals surface area contributed by atoms with Crippen LogP contribution >= 0.6 is 0 Å². The van der Waals surface area contributed by atoms with Crippen LogP contribution in [0, 0.1) is 0 Å². The van der Waals surface area contributed by atoms with Crippen LogP contribution in [-0.4, -0.2) is 17.7 Å². The molecule has 1 heterocycles. The number of nitrogens with one attached hydrogen (secondary N) is 2. The van der Waals surface area contributed by atoms with Gasteiger partial charge in [0.1, 0.15) is 0 Å². The summed E-state index contributed by atoms with van der Waals surface area (Å²) in [6.07, 6.45) is 1.15. The summed E-state index contributed by atoms with van der Waals surface area (Å²) in [5.74, 6) is -1.15. The van der Waals surface area contributed by atoms with E-state index in [1.165, 1.54) is 0 Å². The Bertz CT molecular complexity index is 535. The van der Waals surface area contributed by atoms with Crippen molar-refractivity contribution in [1.82, 2.24) is 10.6 Å². The van der Waals surface area contributed by atoms with Crippen molar-refractivity contribution < 1.29 is 14.4 Å². The number of carbonyl (C=O) groups excluding carboxylic acids is 3. The number of carbonyl (C=O) groups is 3. The van der Waals surface area contributed by atoms with Crippen molar-refractivity contribution in [2.75, 3.05) is 0 Å². The minimum Gasteiger partial charge on any atom is -0.348 e. The Morgan fingerprint density at radius 2 is 2.12 bits per heavy atom. The summed E-state index contributed by atoms with van der Waals surface area (Å²) in [5.41, 5.74) is 1.29. The zero-order valence-electron chi connectivity index (χ0n) is 8.95. The highest BCUT2D eigenvalue weighted by Crippen LogP contribution is 2.19. The van der Waals surface area contributed by atoms with Gasteiger partial charge < -0.3 is 5.32 Å². The second-order valence-electron chi connectivity index (χ2n) is 3.54. The van der Waals surface area contributed by atoms with Crippen molar-refractivity contribution in [2.45, 2.75) is 6.54 Å². The van der Waals surface area contributed by atoms with E-state index in [-0.39, 0.29) is 12.5 Å². The van der Waals surface area contributed by atoms with Gasteiger partial charge in [-0.1, -0.05) is 18.7 Å². The summed E-state index contributed by atoms with van der Waals surface area (Å²) >= 11 is 0. The molecule has 0 atom stereocenters. The molecule has 0 aromatic heterocycles. The largest absolute Gasteiger partial charge is 0.348 e. The van der Waals surface area contributed by atoms with Gasteiger partial charge in [-0.2, -0.15) is 0 Å². The molecule has 0 aliphatic carbocycles. The van der Waals surface area contributed by atoms with Crippen molar-refractivity contribution in [3.05, 3.63) is 47.5 Å². The van der Waals surface area contributed by atoms with Crippen molar-refractivity contribution >= 4 is 17.7 Å². The molecule has 0 bridgehead atoms. The minimum absolute atomic E-state index is 0.189. The molecule has 86 valence electrons. The average Bonchev–Trinajstić information content (AvgIpc) is 2.63. The van der Waals surface area contributed by atoms with E-state index in [9.17, 15) is 14.4 Å². The fourth-order valence-corrected chi connectivity index (χ4v) is 1.69. The molecule has 2 N–H and O–H groups in total. The van der Waals surface area contributed by atoms with Gasteiger partial charge in [0.25, 0.3) is 11.8 Å². The molecule has 0 unspecified atom stereocenters. The molecule has 0 saturated carbocycles. The zero-order valence-corrected chi connectivity index (χ0v) is 8.95. The number of amides is 3. The third-order valence-electron chi connectivity index (χ3n) is 2.49. The molecule has 0 radical (unpaired) electrons. The van der Waals surface area contributed by atoms with Crippen LogP contribution in [0.3, 0.4) is 0 Å². The van der Waals surface area contributed by atoms with Crippen molar-refractivity contribution in [3.8, 4) is 0 Å². The first-order chi connectivity index (χ1) is 8.13. The van der Waals surface area contributed by atoms with Gasteiger partial charge in [0, 0.05) is 6.54 Å². The molecule has 17 heavy (non-hydrogen) atoms. The molecular formula is C12H10N2O3. The SMILES string of the molecule is C=CC(=O)NCc1cccc2c1C(=O)NC2=O. The van der Waals surface area contributed by atoms with Crippen molar-refractivity contribution in [3.63, 3.8) is 0 Å². The Hall–Kier alpha value is -2.43. The molecule has 5 heteroatoms. The second kappa shape index (κ2) is 4.21. The van der Waals surface area contributed by atoms with Crippen LogP contribution in [-0.2, 0) is 11.3 Å². The van der Waals surface area contributed by atoms with Crippen LogP contribution in [0.2, 0.25) is 0 Å². The molecule has 1 aromatic carbocycles. The van der Waals surface area contributed by atoms with Crippen LogP contribution in [0.1, 0.15) is 26.3 Å². The fourth-order valence-electron chi connectivity index (χ4n) is 1.69. The van der Waals surface area contributed by atoms with Gasteiger partial charge in [-0.15, -0.1) is 0 Å². The number of imide groups is 1. The standard InChI is InChI=1S/C12H10N2O3/c1-2-9(15)13-6-7-4-3-5-8-10(7)12(17)14-11(8)16/h2-5H,1,6H2,(H,13,15)(H,14,16,17). The van der Waals surface area contributed by atoms with E-state index in [2.05, 4.69) is 17.2 Å². The van der Waals surface area contributed by atoms with Gasteiger partial charge in [-0.05, 0) is 17.7 Å². The van der Waals surface area contributed by atoms with Gasteiger partial charge in [0.05, 0.1) is 11.1 Å². The number of fused-ring (bicyclic) bond motifs is 1. The van der Waals surface area contributed by atoms with E-state index in [0.29, 0.717) is 16.7 Å². The molecule has 1 aliphatic heterocycles. The minimum atomic E-state index is -0.423. The Labute approximate surface area is 97.5 Å². The summed E-state index contributed by atoms with van der Waals surface area (Å²) < 4.78 is 0. The molecule has 5 nitrogen and oxygen atoms in total. The number of hydrogen-bond donors (Lipinski definition) is 2. The second-order valence-corrected chi connectivity index (χ2v) is 3.54. The summed E-state index contributed by atoms with van der Waals surface area (Å²) in [6.45, 7) is 3.52. The topological polar surface area (TPSA) is 75.3 Å². The number of benzene rings is 1. The Morgan fingerprint density at radius 3 is 2.82 bits per heavy atom. The summed E-state index contributed by atoms with van der Waals surface area (Å²) in [4.78, 5) is 34.0. The van der Waals surface area contributed by atoms with Crippen LogP contribution in [0.15, 0.2) is 30.9 Å². The summed E-state index contributed by atoms with van der Waals surface area (Å²) in [7, 11) is 0. The Kier molecular flexibility index (Phi) is 2.74. The highest BCUT2D eigenvalue weighted by Gasteiger charge is 2.28. The van der Waals surface area contributed by atoms with Crippen molar-refractivity contribution in [2.24, 2.45) is 0 Å². The first-order valence-electron chi connectivity index (χ1n) is 5.01. The van der Waals surface area contributed by atoms with Gasteiger partial charge >= 0.3 is 0 Å². The lowest BCUT2D eigenvalue weighted by molar-refractivity contribution is -0.116. The predicted octanol–water partition coefficient (Wildman–Crippen LogP) is 0.372.